The van der Waals surface area contributed by atoms with Crippen molar-refractivity contribution in [3.05, 3.63) is 40.2 Å². The van der Waals surface area contributed by atoms with Gasteiger partial charge in [0.2, 0.25) is 0 Å². The number of halogens is 4. The second-order valence-corrected chi connectivity index (χ2v) is 4.48. The van der Waals surface area contributed by atoms with Crippen LogP contribution in [0.15, 0.2) is 18.2 Å². The molecule has 0 atom stereocenters. The first kappa shape index (κ1) is 14.8. The first-order valence-electron chi connectivity index (χ1n) is 5.80. The molecule has 1 aromatic heterocycles. The van der Waals surface area contributed by atoms with Gasteiger partial charge in [-0.3, -0.25) is 0 Å². The van der Waals surface area contributed by atoms with Crippen molar-refractivity contribution in [1.82, 2.24) is 15.0 Å². The molecule has 0 aliphatic carbocycles. The average Bonchev–Trinajstić information content (AvgIpc) is 2.80. The number of rotatable bonds is 3. The Morgan fingerprint density at radius 3 is 2.55 bits per heavy atom. The standard InChI is InChI=1S/C12H11ClF3N3O/c1-2-10-9(6-20)17-18-19(10)11-4-3-7(5-8(11)13)12(14,15)16/h3-5,20H,2,6H2,1H3. The number of nitrogens with zero attached hydrogens (tertiary/aromatic N) is 3. The van der Waals surface area contributed by atoms with Gasteiger partial charge in [0.05, 0.1) is 28.6 Å². The first-order chi connectivity index (χ1) is 9.38. The second-order valence-electron chi connectivity index (χ2n) is 4.07. The molecule has 1 N–H and O–H groups in total. The Morgan fingerprint density at radius 1 is 1.35 bits per heavy atom. The molecule has 108 valence electrons. The topological polar surface area (TPSA) is 50.9 Å². The van der Waals surface area contributed by atoms with Gasteiger partial charge in [0.15, 0.2) is 0 Å². The summed E-state index contributed by atoms with van der Waals surface area (Å²) in [4.78, 5) is 0. The van der Waals surface area contributed by atoms with Crippen LogP contribution in [0.3, 0.4) is 0 Å². The van der Waals surface area contributed by atoms with Crippen LogP contribution in [0.25, 0.3) is 5.69 Å². The van der Waals surface area contributed by atoms with Crippen molar-refractivity contribution in [2.24, 2.45) is 0 Å². The molecule has 0 spiro atoms. The van der Waals surface area contributed by atoms with E-state index in [0.29, 0.717) is 23.5 Å². The summed E-state index contributed by atoms with van der Waals surface area (Å²) < 4.78 is 39.1. The number of hydrogen-bond donors (Lipinski definition) is 1. The Bertz CT molecular complexity index is 625. The molecule has 0 radical (unpaired) electrons. The minimum Gasteiger partial charge on any atom is -0.390 e. The van der Waals surface area contributed by atoms with Gasteiger partial charge in [0, 0.05) is 0 Å². The fraction of sp³-hybridized carbons (Fsp3) is 0.333. The van der Waals surface area contributed by atoms with Gasteiger partial charge in [-0.1, -0.05) is 23.7 Å². The summed E-state index contributed by atoms with van der Waals surface area (Å²) in [6, 6.07) is 3.01. The van der Waals surface area contributed by atoms with Crippen LogP contribution in [0, 0.1) is 0 Å². The van der Waals surface area contributed by atoms with E-state index in [4.69, 9.17) is 16.7 Å². The van der Waals surface area contributed by atoms with Crippen molar-refractivity contribution in [1.29, 1.82) is 0 Å². The normalized spacial score (nSPS) is 11.9. The summed E-state index contributed by atoms with van der Waals surface area (Å²) in [6.45, 7) is 1.54. The van der Waals surface area contributed by atoms with Gasteiger partial charge in [-0.25, -0.2) is 4.68 Å². The minimum absolute atomic E-state index is 0.0797. The number of hydrogen-bond acceptors (Lipinski definition) is 3. The summed E-state index contributed by atoms with van der Waals surface area (Å²) in [5.74, 6) is 0. The molecule has 20 heavy (non-hydrogen) atoms. The monoisotopic (exact) mass is 305 g/mol. The van der Waals surface area contributed by atoms with Gasteiger partial charge in [0.25, 0.3) is 0 Å². The van der Waals surface area contributed by atoms with Crippen molar-refractivity contribution in [3.8, 4) is 5.69 Å². The third-order valence-electron chi connectivity index (χ3n) is 2.83. The predicted molar refractivity (Wildman–Crippen MR) is 66.7 cm³/mol. The fourth-order valence-corrected chi connectivity index (χ4v) is 2.12. The average molecular weight is 306 g/mol. The van der Waals surface area contributed by atoms with Crippen LogP contribution in [0.2, 0.25) is 5.02 Å². The summed E-state index contributed by atoms with van der Waals surface area (Å²) in [5.41, 5.74) is 0.452. The van der Waals surface area contributed by atoms with Crippen molar-refractivity contribution < 1.29 is 18.3 Å². The molecule has 0 amide bonds. The zero-order valence-electron chi connectivity index (χ0n) is 10.4. The molecule has 8 heteroatoms. The lowest BCUT2D eigenvalue weighted by Gasteiger charge is -2.11. The summed E-state index contributed by atoms with van der Waals surface area (Å²) in [5, 5.41) is 16.7. The van der Waals surface area contributed by atoms with Gasteiger partial charge in [0.1, 0.15) is 5.69 Å². The van der Waals surface area contributed by atoms with E-state index in [1.807, 2.05) is 6.92 Å². The fourth-order valence-electron chi connectivity index (χ4n) is 1.86. The minimum atomic E-state index is -4.45. The smallest absolute Gasteiger partial charge is 0.390 e. The number of benzene rings is 1. The van der Waals surface area contributed by atoms with Crippen molar-refractivity contribution in [3.63, 3.8) is 0 Å². The lowest BCUT2D eigenvalue weighted by atomic mass is 10.2. The van der Waals surface area contributed by atoms with E-state index >= 15 is 0 Å². The third kappa shape index (κ3) is 2.64. The largest absolute Gasteiger partial charge is 0.416 e. The number of alkyl halides is 3. The quantitative estimate of drug-likeness (QED) is 0.948. The van der Waals surface area contributed by atoms with Crippen LogP contribution < -0.4 is 0 Å². The van der Waals surface area contributed by atoms with E-state index < -0.39 is 11.7 Å². The van der Waals surface area contributed by atoms with Crippen molar-refractivity contribution in [2.45, 2.75) is 26.1 Å². The van der Waals surface area contributed by atoms with Crippen LogP contribution in [0.4, 0.5) is 13.2 Å². The number of aliphatic hydroxyl groups is 1. The van der Waals surface area contributed by atoms with Crippen LogP contribution in [-0.4, -0.2) is 20.1 Å². The third-order valence-corrected chi connectivity index (χ3v) is 3.13. The molecule has 0 saturated heterocycles. The summed E-state index contributed by atoms with van der Waals surface area (Å²) in [6.07, 6.45) is -3.94. The van der Waals surface area contributed by atoms with E-state index in [-0.39, 0.29) is 11.6 Å². The molecular weight excluding hydrogens is 295 g/mol. The Labute approximate surface area is 117 Å². The van der Waals surface area contributed by atoms with Crippen molar-refractivity contribution in [2.75, 3.05) is 0 Å². The lowest BCUT2D eigenvalue weighted by molar-refractivity contribution is -0.137. The molecule has 2 aromatic rings. The van der Waals surface area contributed by atoms with Gasteiger partial charge in [-0.05, 0) is 24.6 Å². The molecule has 1 heterocycles. The van der Waals surface area contributed by atoms with Crippen LogP contribution in [0.1, 0.15) is 23.9 Å². The Balaban J connectivity index is 2.52. The Hall–Kier alpha value is -1.60. The van der Waals surface area contributed by atoms with Crippen LogP contribution in [-0.2, 0) is 19.2 Å². The SMILES string of the molecule is CCc1c(CO)nnn1-c1ccc(C(F)(F)F)cc1Cl. The molecule has 0 saturated carbocycles. The molecule has 2 rings (SSSR count). The molecule has 1 aromatic carbocycles. The van der Waals surface area contributed by atoms with E-state index in [2.05, 4.69) is 10.3 Å². The maximum atomic E-state index is 12.6. The highest BCUT2D eigenvalue weighted by molar-refractivity contribution is 6.32. The molecule has 0 unspecified atom stereocenters. The first-order valence-corrected chi connectivity index (χ1v) is 6.17. The van der Waals surface area contributed by atoms with E-state index in [1.54, 1.807) is 0 Å². The Morgan fingerprint density at radius 2 is 2.05 bits per heavy atom. The van der Waals surface area contributed by atoms with E-state index in [1.165, 1.54) is 10.7 Å². The maximum Gasteiger partial charge on any atom is 0.416 e. The van der Waals surface area contributed by atoms with E-state index in [9.17, 15) is 13.2 Å². The van der Waals surface area contributed by atoms with Gasteiger partial charge in [-0.15, -0.1) is 5.10 Å². The molecule has 0 aliphatic heterocycles. The molecule has 4 nitrogen and oxygen atoms in total. The predicted octanol–water partition coefficient (Wildman–Crippen LogP) is 2.99. The molecule has 0 bridgehead atoms. The lowest BCUT2D eigenvalue weighted by Crippen LogP contribution is -2.07. The molecular formula is C12H11ClF3N3O. The molecule has 0 aliphatic rings. The van der Waals surface area contributed by atoms with Gasteiger partial charge in [-0.2, -0.15) is 13.2 Å². The second kappa shape index (κ2) is 5.41. The van der Waals surface area contributed by atoms with Gasteiger partial charge >= 0.3 is 6.18 Å². The highest BCUT2D eigenvalue weighted by Gasteiger charge is 2.31. The maximum absolute atomic E-state index is 12.6. The van der Waals surface area contributed by atoms with Crippen LogP contribution in [0.5, 0.6) is 0 Å². The Kier molecular flexibility index (Phi) is 4.01. The highest BCUT2D eigenvalue weighted by atomic mass is 35.5. The highest BCUT2D eigenvalue weighted by Crippen LogP contribution is 2.33. The summed E-state index contributed by atoms with van der Waals surface area (Å²) >= 11 is 5.90. The summed E-state index contributed by atoms with van der Waals surface area (Å²) in [7, 11) is 0. The number of aliphatic hydroxyl groups excluding tert-OH is 1. The zero-order chi connectivity index (χ0) is 14.9. The van der Waals surface area contributed by atoms with Gasteiger partial charge < -0.3 is 5.11 Å². The number of aromatic nitrogens is 3. The van der Waals surface area contributed by atoms with E-state index in [0.717, 1.165) is 12.1 Å². The van der Waals surface area contributed by atoms with Crippen molar-refractivity contribution >= 4 is 11.6 Å². The zero-order valence-corrected chi connectivity index (χ0v) is 11.2. The molecule has 0 fully saturated rings. The van der Waals surface area contributed by atoms with Crippen LogP contribution >= 0.6 is 11.6 Å².